The van der Waals surface area contributed by atoms with E-state index >= 15 is 0 Å². The van der Waals surface area contributed by atoms with Crippen molar-refractivity contribution < 1.29 is 4.42 Å². The van der Waals surface area contributed by atoms with Gasteiger partial charge in [0, 0.05) is 23.9 Å². The predicted octanol–water partition coefficient (Wildman–Crippen LogP) is 3.10. The predicted molar refractivity (Wildman–Crippen MR) is 101 cm³/mol. The average Bonchev–Trinajstić information content (AvgIpc) is 3.24. The van der Waals surface area contributed by atoms with Gasteiger partial charge in [0.1, 0.15) is 17.2 Å². The molecule has 0 N–H and O–H groups in total. The number of nitrogens with zero attached hydrogens (tertiary/aromatic N) is 5. The molecule has 7 nitrogen and oxygen atoms in total. The minimum Gasteiger partial charge on any atom is -0.467 e. The Bertz CT molecular complexity index is 1140. The monoisotopic (exact) mass is 379 g/mol. The zero-order valence-corrected chi connectivity index (χ0v) is 15.3. The summed E-state index contributed by atoms with van der Waals surface area (Å²) < 4.78 is 9.16. The van der Waals surface area contributed by atoms with E-state index in [0.717, 1.165) is 35.3 Å². The molecular weight excluding hydrogens is 362 g/mol. The molecule has 8 heteroatoms. The van der Waals surface area contributed by atoms with Crippen LogP contribution < -0.4 is 5.56 Å². The molecule has 0 amide bonds. The largest absolute Gasteiger partial charge is 0.467 e. The van der Waals surface area contributed by atoms with Crippen LogP contribution in [0.25, 0.3) is 5.65 Å². The second kappa shape index (κ2) is 6.70. The van der Waals surface area contributed by atoms with Crippen molar-refractivity contribution in [3.05, 3.63) is 76.5 Å². The van der Waals surface area contributed by atoms with Crippen molar-refractivity contribution in [2.24, 2.45) is 0 Å². The summed E-state index contributed by atoms with van der Waals surface area (Å²) in [7, 11) is 0. The Morgan fingerprint density at radius 1 is 1.19 bits per heavy atom. The summed E-state index contributed by atoms with van der Waals surface area (Å²) in [5.74, 6) is 2.94. The number of thioether (sulfide) groups is 1. The summed E-state index contributed by atoms with van der Waals surface area (Å²) >= 11 is 1.54. The van der Waals surface area contributed by atoms with Crippen LogP contribution in [-0.2, 0) is 12.3 Å². The second-order valence-electron chi connectivity index (χ2n) is 6.58. The van der Waals surface area contributed by atoms with Crippen LogP contribution in [0.5, 0.6) is 0 Å². The summed E-state index contributed by atoms with van der Waals surface area (Å²) in [5, 5.41) is 9.61. The topological polar surface area (TPSA) is 78.2 Å². The fourth-order valence-electron chi connectivity index (χ4n) is 3.07. The van der Waals surface area contributed by atoms with Crippen molar-refractivity contribution in [1.82, 2.24) is 24.1 Å². The number of hydrogen-bond acceptors (Lipinski definition) is 6. The van der Waals surface area contributed by atoms with Gasteiger partial charge >= 0.3 is 0 Å². The van der Waals surface area contributed by atoms with Crippen molar-refractivity contribution in [1.29, 1.82) is 0 Å². The van der Waals surface area contributed by atoms with Crippen molar-refractivity contribution in [2.75, 3.05) is 0 Å². The van der Waals surface area contributed by atoms with Gasteiger partial charge in [-0.3, -0.25) is 13.8 Å². The first-order valence-corrected chi connectivity index (χ1v) is 9.82. The molecule has 27 heavy (non-hydrogen) atoms. The van der Waals surface area contributed by atoms with Crippen LogP contribution in [0.3, 0.4) is 0 Å². The van der Waals surface area contributed by atoms with Crippen molar-refractivity contribution in [3.8, 4) is 0 Å². The van der Waals surface area contributed by atoms with Gasteiger partial charge < -0.3 is 4.42 Å². The Labute approximate surface area is 159 Å². The SMILES string of the molecule is O=c1cc(CSc2nnc(C3CC3)n2Cc2ccco2)nc2ccccn12. The highest BCUT2D eigenvalue weighted by Crippen LogP contribution is 2.40. The lowest BCUT2D eigenvalue weighted by molar-refractivity contribution is 0.478. The Balaban J connectivity index is 1.42. The molecule has 1 aliphatic carbocycles. The smallest absolute Gasteiger partial charge is 0.258 e. The van der Waals surface area contributed by atoms with Crippen LogP contribution in [0, 0.1) is 0 Å². The summed E-state index contributed by atoms with van der Waals surface area (Å²) in [6, 6.07) is 10.9. The highest BCUT2D eigenvalue weighted by atomic mass is 32.2. The lowest BCUT2D eigenvalue weighted by Crippen LogP contribution is -2.14. The van der Waals surface area contributed by atoms with E-state index in [1.54, 1.807) is 34.7 Å². The maximum absolute atomic E-state index is 12.3. The quantitative estimate of drug-likeness (QED) is 0.479. The molecule has 4 heterocycles. The van der Waals surface area contributed by atoms with Crippen LogP contribution in [0.4, 0.5) is 0 Å². The third kappa shape index (κ3) is 3.28. The molecule has 0 radical (unpaired) electrons. The summed E-state index contributed by atoms with van der Waals surface area (Å²) in [6.45, 7) is 0.613. The van der Waals surface area contributed by atoms with Gasteiger partial charge in [-0.2, -0.15) is 0 Å². The molecule has 1 fully saturated rings. The molecule has 0 atom stereocenters. The van der Waals surface area contributed by atoms with E-state index in [2.05, 4.69) is 19.7 Å². The Kier molecular flexibility index (Phi) is 4.05. The van der Waals surface area contributed by atoms with Crippen LogP contribution in [0.15, 0.2) is 63.2 Å². The first-order chi connectivity index (χ1) is 13.3. The zero-order valence-electron chi connectivity index (χ0n) is 14.5. The molecule has 136 valence electrons. The molecule has 0 aliphatic heterocycles. The van der Waals surface area contributed by atoms with Gasteiger partial charge in [0.2, 0.25) is 0 Å². The molecule has 5 rings (SSSR count). The Hall–Kier alpha value is -2.87. The van der Waals surface area contributed by atoms with Crippen molar-refractivity contribution in [3.63, 3.8) is 0 Å². The third-order valence-electron chi connectivity index (χ3n) is 4.56. The summed E-state index contributed by atoms with van der Waals surface area (Å²) in [6.07, 6.45) is 5.72. The molecule has 0 spiro atoms. The maximum atomic E-state index is 12.3. The normalized spacial score (nSPS) is 14.1. The minimum absolute atomic E-state index is 0.0769. The number of pyridine rings is 1. The van der Waals surface area contributed by atoms with Gasteiger partial charge in [0.15, 0.2) is 5.16 Å². The maximum Gasteiger partial charge on any atom is 0.258 e. The Morgan fingerprint density at radius 3 is 2.93 bits per heavy atom. The molecule has 4 aromatic rings. The molecule has 0 unspecified atom stereocenters. The van der Waals surface area contributed by atoms with Gasteiger partial charge in [-0.15, -0.1) is 10.2 Å². The van der Waals surface area contributed by atoms with Gasteiger partial charge in [-0.25, -0.2) is 4.98 Å². The van der Waals surface area contributed by atoms with E-state index in [-0.39, 0.29) is 5.56 Å². The first-order valence-electron chi connectivity index (χ1n) is 8.83. The molecule has 0 saturated heterocycles. The fraction of sp³-hybridized carbons (Fsp3) is 0.263. The highest BCUT2D eigenvalue weighted by Gasteiger charge is 2.30. The van der Waals surface area contributed by atoms with Crippen LogP contribution in [0.2, 0.25) is 0 Å². The van der Waals surface area contributed by atoms with E-state index in [1.807, 2.05) is 30.3 Å². The minimum atomic E-state index is -0.0769. The molecule has 1 saturated carbocycles. The van der Waals surface area contributed by atoms with Crippen LogP contribution in [0.1, 0.15) is 36.0 Å². The Morgan fingerprint density at radius 2 is 2.11 bits per heavy atom. The van der Waals surface area contributed by atoms with Gasteiger partial charge in [-0.1, -0.05) is 17.8 Å². The number of furan rings is 1. The molecule has 0 bridgehead atoms. The highest BCUT2D eigenvalue weighted by molar-refractivity contribution is 7.98. The summed E-state index contributed by atoms with van der Waals surface area (Å²) in [5.41, 5.74) is 1.31. The van der Waals surface area contributed by atoms with Gasteiger partial charge in [0.05, 0.1) is 18.5 Å². The second-order valence-corrected chi connectivity index (χ2v) is 7.53. The van der Waals surface area contributed by atoms with Gasteiger partial charge in [-0.05, 0) is 37.1 Å². The molecular formula is C19H17N5O2S. The van der Waals surface area contributed by atoms with E-state index in [1.165, 1.54) is 0 Å². The molecule has 0 aromatic carbocycles. The molecule has 4 aromatic heterocycles. The number of hydrogen-bond donors (Lipinski definition) is 0. The molecule has 1 aliphatic rings. The number of aromatic nitrogens is 5. The summed E-state index contributed by atoms with van der Waals surface area (Å²) in [4.78, 5) is 16.8. The van der Waals surface area contributed by atoms with E-state index in [0.29, 0.717) is 23.9 Å². The third-order valence-corrected chi connectivity index (χ3v) is 5.56. The fourth-order valence-corrected chi connectivity index (χ4v) is 3.91. The van der Waals surface area contributed by atoms with Crippen molar-refractivity contribution >= 4 is 17.4 Å². The average molecular weight is 379 g/mol. The van der Waals surface area contributed by atoms with Crippen LogP contribution in [-0.4, -0.2) is 24.1 Å². The zero-order chi connectivity index (χ0) is 18.2. The lowest BCUT2D eigenvalue weighted by atomic mass is 10.3. The number of fused-ring (bicyclic) bond motifs is 1. The first kappa shape index (κ1) is 16.3. The standard InChI is InChI=1S/C19H17N5O2S/c25-17-10-14(20-16-5-1-2-8-23(16)17)12-27-19-22-21-18(13-6-7-13)24(19)11-15-4-3-9-26-15/h1-5,8-10,13H,6-7,11-12H2. The lowest BCUT2D eigenvalue weighted by Gasteiger charge is -2.08. The van der Waals surface area contributed by atoms with Gasteiger partial charge in [0.25, 0.3) is 5.56 Å². The van der Waals surface area contributed by atoms with E-state index < -0.39 is 0 Å². The number of rotatable bonds is 6. The van der Waals surface area contributed by atoms with Crippen molar-refractivity contribution in [2.45, 2.75) is 36.2 Å². The van der Waals surface area contributed by atoms with E-state index in [4.69, 9.17) is 4.42 Å². The van der Waals surface area contributed by atoms with Crippen LogP contribution >= 0.6 is 11.8 Å². The van der Waals surface area contributed by atoms with E-state index in [9.17, 15) is 4.79 Å².